The van der Waals surface area contributed by atoms with Crippen molar-refractivity contribution in [3.8, 4) is 0 Å². The summed E-state index contributed by atoms with van der Waals surface area (Å²) < 4.78 is 24.5. The molecule has 0 bridgehead atoms. The maximum atomic E-state index is 12.3. The highest BCUT2D eigenvalue weighted by Gasteiger charge is 2.23. The van der Waals surface area contributed by atoms with E-state index in [4.69, 9.17) is 0 Å². The quantitative estimate of drug-likeness (QED) is 0.343. The number of halogens is 4. The molecule has 0 fully saturated rings. The van der Waals surface area contributed by atoms with Gasteiger partial charge in [-0.3, -0.25) is 0 Å². The molecule has 1 rings (SSSR count). The van der Waals surface area contributed by atoms with Crippen LogP contribution in [0.15, 0.2) is 10.5 Å². The molecule has 0 spiro atoms. The van der Waals surface area contributed by atoms with E-state index < -0.39 is 17.2 Å². The first kappa shape index (κ1) is 11.7. The van der Waals surface area contributed by atoms with Gasteiger partial charge in [0.2, 0.25) is 3.70 Å². The smallest absolute Gasteiger partial charge is 0.358 e. The Morgan fingerprint density at radius 1 is 1.64 bits per heavy atom. The highest BCUT2D eigenvalue weighted by Crippen LogP contribution is 2.31. The minimum Gasteiger partial charge on any atom is -0.358 e. The molecule has 0 saturated carbocycles. The van der Waals surface area contributed by atoms with Gasteiger partial charge in [-0.05, 0) is 31.9 Å². The molecule has 0 aliphatic rings. The topological polar surface area (TPSA) is 56.0 Å². The number of hydrogen-bond acceptors (Lipinski definition) is 3. The van der Waals surface area contributed by atoms with Crippen molar-refractivity contribution in [2.24, 2.45) is 0 Å². The van der Waals surface area contributed by atoms with Gasteiger partial charge in [0.1, 0.15) is 4.47 Å². The van der Waals surface area contributed by atoms with Crippen LogP contribution < -0.4 is 0 Å². The van der Waals surface area contributed by atoms with Gasteiger partial charge < -0.3 is 10.1 Å². The third-order valence-corrected chi connectivity index (χ3v) is 2.79. The van der Waals surface area contributed by atoms with E-state index in [1.807, 2.05) is 0 Å². The third kappa shape index (κ3) is 2.35. The molecule has 1 heterocycles. The summed E-state index contributed by atoms with van der Waals surface area (Å²) in [6.45, 7) is 0. The van der Waals surface area contributed by atoms with Crippen LogP contribution in [0.5, 0.6) is 0 Å². The molecule has 0 aliphatic carbocycles. The highest BCUT2D eigenvalue weighted by atomic mass is 127. The largest absolute Gasteiger partial charge is 0.378 e. The Hall–Kier alpha value is -0.380. The average Bonchev–Trinajstić information content (AvgIpc) is 2.07. The number of nitro groups is 1. The standard InChI is InChI=1S/C6H2BrF2IN2O2/c7-3-1-2(4(8)9)5(10)11-6(3)12(13)14/h1,4H. The Kier molecular flexibility index (Phi) is 3.70. The van der Waals surface area contributed by atoms with E-state index in [0.717, 1.165) is 6.07 Å². The zero-order valence-electron chi connectivity index (χ0n) is 6.38. The van der Waals surface area contributed by atoms with E-state index in [2.05, 4.69) is 20.9 Å². The fourth-order valence-electron chi connectivity index (χ4n) is 0.753. The zero-order valence-corrected chi connectivity index (χ0v) is 10.1. The number of hydrogen-bond donors (Lipinski definition) is 0. The summed E-state index contributed by atoms with van der Waals surface area (Å²) in [5, 5.41) is 10.4. The van der Waals surface area contributed by atoms with Crippen LogP contribution in [0.4, 0.5) is 14.6 Å². The Morgan fingerprint density at radius 2 is 2.21 bits per heavy atom. The van der Waals surface area contributed by atoms with Gasteiger partial charge in [-0.15, -0.1) is 0 Å². The SMILES string of the molecule is O=[N+]([O-])c1nc(I)c(C(F)F)cc1Br. The van der Waals surface area contributed by atoms with Crippen LogP contribution >= 0.6 is 38.5 Å². The summed E-state index contributed by atoms with van der Waals surface area (Å²) >= 11 is 4.34. The van der Waals surface area contributed by atoms with Crippen molar-refractivity contribution in [2.75, 3.05) is 0 Å². The summed E-state index contributed by atoms with van der Waals surface area (Å²) in [5.41, 5.74) is -0.317. The molecule has 0 aromatic carbocycles. The molecule has 0 unspecified atom stereocenters. The van der Waals surface area contributed by atoms with Crippen molar-refractivity contribution in [1.29, 1.82) is 0 Å². The predicted octanol–water partition coefficient (Wildman–Crippen LogP) is 3.29. The van der Waals surface area contributed by atoms with Crippen molar-refractivity contribution in [2.45, 2.75) is 6.43 Å². The first-order valence-corrected chi connectivity index (χ1v) is 5.09. The molecule has 0 amide bonds. The number of nitrogens with zero attached hydrogens (tertiary/aromatic N) is 2. The summed E-state index contributed by atoms with van der Waals surface area (Å²) in [5.74, 6) is -0.459. The van der Waals surface area contributed by atoms with Gasteiger partial charge in [0.05, 0.1) is 5.56 Å². The van der Waals surface area contributed by atoms with E-state index in [-0.39, 0.29) is 13.7 Å². The van der Waals surface area contributed by atoms with Crippen LogP contribution in [0.1, 0.15) is 12.0 Å². The molecule has 0 aliphatic heterocycles. The maximum absolute atomic E-state index is 12.3. The fourth-order valence-corrected chi connectivity index (χ4v) is 1.85. The number of pyridine rings is 1. The second kappa shape index (κ2) is 4.43. The lowest BCUT2D eigenvalue weighted by Crippen LogP contribution is -1.99. The molecule has 1 aromatic rings. The normalized spacial score (nSPS) is 10.6. The number of aromatic nitrogens is 1. The Bertz CT molecular complexity index is 388. The first-order chi connectivity index (χ1) is 6.43. The van der Waals surface area contributed by atoms with Gasteiger partial charge in [0.25, 0.3) is 6.43 Å². The molecule has 0 radical (unpaired) electrons. The van der Waals surface area contributed by atoms with Crippen LogP contribution in [-0.2, 0) is 0 Å². The summed E-state index contributed by atoms with van der Waals surface area (Å²) in [6.07, 6.45) is -2.69. The second-order valence-corrected chi connectivity index (χ2v) is 4.11. The molecule has 0 saturated heterocycles. The molecule has 4 nitrogen and oxygen atoms in total. The Morgan fingerprint density at radius 3 is 2.64 bits per heavy atom. The van der Waals surface area contributed by atoms with E-state index in [0.29, 0.717) is 0 Å². The second-order valence-electron chi connectivity index (χ2n) is 2.23. The van der Waals surface area contributed by atoms with Crippen LogP contribution in [0.3, 0.4) is 0 Å². The van der Waals surface area contributed by atoms with Crippen LogP contribution in [0, 0.1) is 13.8 Å². The van der Waals surface area contributed by atoms with Gasteiger partial charge in [0, 0.05) is 22.6 Å². The maximum Gasteiger partial charge on any atom is 0.378 e. The fraction of sp³-hybridized carbons (Fsp3) is 0.167. The van der Waals surface area contributed by atoms with Crippen LogP contribution in [0.25, 0.3) is 0 Å². The predicted molar refractivity (Wildman–Crippen MR) is 56.3 cm³/mol. The van der Waals surface area contributed by atoms with Gasteiger partial charge in [-0.2, -0.15) is 0 Å². The molecule has 8 heteroatoms. The average molecular weight is 379 g/mol. The first-order valence-electron chi connectivity index (χ1n) is 3.22. The molecule has 14 heavy (non-hydrogen) atoms. The monoisotopic (exact) mass is 378 g/mol. The van der Waals surface area contributed by atoms with Crippen LogP contribution in [0.2, 0.25) is 0 Å². The lowest BCUT2D eigenvalue weighted by molar-refractivity contribution is -0.390. The lowest BCUT2D eigenvalue weighted by Gasteiger charge is -2.01. The zero-order chi connectivity index (χ0) is 10.9. The van der Waals surface area contributed by atoms with Crippen LogP contribution in [-0.4, -0.2) is 9.91 Å². The van der Waals surface area contributed by atoms with Gasteiger partial charge in [-0.1, -0.05) is 0 Å². The minimum absolute atomic E-state index is 0.0433. The summed E-state index contributed by atoms with van der Waals surface area (Å²) in [6, 6.07) is 1.01. The van der Waals surface area contributed by atoms with Crippen molar-refractivity contribution in [3.05, 3.63) is 29.9 Å². The van der Waals surface area contributed by atoms with Crippen molar-refractivity contribution in [3.63, 3.8) is 0 Å². The third-order valence-electron chi connectivity index (χ3n) is 1.35. The van der Waals surface area contributed by atoms with E-state index in [1.165, 1.54) is 22.6 Å². The number of rotatable bonds is 2. The highest BCUT2D eigenvalue weighted by molar-refractivity contribution is 14.1. The molecule has 0 atom stereocenters. The Labute approximate surface area is 99.1 Å². The molecule has 1 aromatic heterocycles. The Balaban J connectivity index is 3.31. The van der Waals surface area contributed by atoms with E-state index in [1.54, 1.807) is 0 Å². The van der Waals surface area contributed by atoms with Gasteiger partial charge in [-0.25, -0.2) is 8.78 Å². The molecular weight excluding hydrogens is 377 g/mol. The molecule has 0 N–H and O–H groups in total. The summed E-state index contributed by atoms with van der Waals surface area (Å²) in [4.78, 5) is 13.1. The van der Waals surface area contributed by atoms with Gasteiger partial charge >= 0.3 is 5.82 Å². The van der Waals surface area contributed by atoms with Crippen molar-refractivity contribution < 1.29 is 13.7 Å². The number of alkyl halides is 2. The lowest BCUT2D eigenvalue weighted by atomic mass is 10.3. The van der Waals surface area contributed by atoms with Gasteiger partial charge in [0.15, 0.2) is 0 Å². The van der Waals surface area contributed by atoms with E-state index in [9.17, 15) is 18.9 Å². The van der Waals surface area contributed by atoms with Crippen molar-refractivity contribution >= 4 is 44.3 Å². The molecule has 76 valence electrons. The minimum atomic E-state index is -2.69. The van der Waals surface area contributed by atoms with E-state index >= 15 is 0 Å². The van der Waals surface area contributed by atoms with Crippen molar-refractivity contribution in [1.82, 2.24) is 4.98 Å². The summed E-state index contributed by atoms with van der Waals surface area (Å²) in [7, 11) is 0. The molecular formula is C6H2BrF2IN2O2.